The Bertz CT molecular complexity index is 1750. The van der Waals surface area contributed by atoms with Gasteiger partial charge < -0.3 is 14.5 Å². The van der Waals surface area contributed by atoms with Gasteiger partial charge in [0.2, 0.25) is 10.0 Å². The number of pyridine rings is 1. The summed E-state index contributed by atoms with van der Waals surface area (Å²) in [5.74, 6) is 0.627. The molecule has 0 aliphatic carbocycles. The lowest BCUT2D eigenvalue weighted by molar-refractivity contribution is 0.0516. The predicted molar refractivity (Wildman–Crippen MR) is 174 cm³/mol. The van der Waals surface area contributed by atoms with E-state index >= 15 is 0 Å². The number of nitrogens with zero attached hydrogens (tertiary/aromatic N) is 5. The Labute approximate surface area is 263 Å². The van der Waals surface area contributed by atoms with Gasteiger partial charge in [0.15, 0.2) is 0 Å². The third-order valence-electron chi connectivity index (χ3n) is 9.35. The molecule has 2 fully saturated rings. The van der Waals surface area contributed by atoms with E-state index in [1.165, 1.54) is 21.3 Å². The quantitative estimate of drug-likeness (QED) is 0.259. The Morgan fingerprint density at radius 1 is 1.00 bits per heavy atom. The number of carbonyl (C=O) groups excluding carboxylic acids is 1. The number of likely N-dealkylation sites (tertiary alicyclic amines) is 1. The summed E-state index contributed by atoms with van der Waals surface area (Å²) in [6.07, 6.45) is 7.98. The molecule has 9 nitrogen and oxygen atoms in total. The van der Waals surface area contributed by atoms with Crippen LogP contribution in [0.2, 0.25) is 0 Å². The van der Waals surface area contributed by atoms with Gasteiger partial charge in [-0.3, -0.25) is 9.78 Å². The predicted octanol–water partition coefficient (Wildman–Crippen LogP) is 5.66. The average Bonchev–Trinajstić information content (AvgIpc) is 3.44. The molecule has 0 N–H and O–H groups in total. The molecule has 2 aromatic heterocycles. The first kappa shape index (κ1) is 30.5. The summed E-state index contributed by atoms with van der Waals surface area (Å²) in [6.45, 7) is 7.20. The molecule has 11 heteroatoms. The molecule has 232 valence electrons. The summed E-state index contributed by atoms with van der Waals surface area (Å²) in [6, 6.07) is 13.3. The van der Waals surface area contributed by atoms with Crippen molar-refractivity contribution >= 4 is 43.2 Å². The minimum absolute atomic E-state index is 0.00183. The number of sulfonamides is 1. The number of piperidine rings is 2. The van der Waals surface area contributed by atoms with E-state index in [1.54, 1.807) is 40.1 Å². The number of carbonyl (C=O) groups is 1. The van der Waals surface area contributed by atoms with Crippen molar-refractivity contribution in [2.45, 2.75) is 51.0 Å². The third kappa shape index (κ3) is 5.80. The number of ether oxygens (including phenoxy) is 1. The lowest BCUT2D eigenvalue weighted by atomic mass is 9.71. The van der Waals surface area contributed by atoms with Crippen LogP contribution in [0.15, 0.2) is 59.8 Å². The number of rotatable bonds is 7. The first-order valence-corrected chi connectivity index (χ1v) is 17.3. The molecular formula is C33H39N5O4S2. The molecule has 2 aliphatic heterocycles. The number of amides is 1. The fraction of sp³-hybridized carbons (Fsp3) is 0.424. The van der Waals surface area contributed by atoms with E-state index in [4.69, 9.17) is 9.72 Å². The topological polar surface area (TPSA) is 95.9 Å². The second kappa shape index (κ2) is 12.1. The Kier molecular flexibility index (Phi) is 8.38. The van der Waals surface area contributed by atoms with Gasteiger partial charge in [0.1, 0.15) is 10.8 Å². The Hall–Kier alpha value is -3.54. The molecule has 0 radical (unpaired) electrons. The fourth-order valence-electron chi connectivity index (χ4n) is 6.75. The third-order valence-corrected chi connectivity index (χ3v) is 12.5. The maximum Gasteiger partial charge on any atom is 0.256 e. The van der Waals surface area contributed by atoms with Crippen LogP contribution in [0.5, 0.6) is 5.75 Å². The molecule has 0 bridgehead atoms. The molecule has 4 aromatic rings. The van der Waals surface area contributed by atoms with Crippen LogP contribution >= 0.6 is 11.3 Å². The molecule has 1 amide bonds. The Balaban J connectivity index is 1.13. The van der Waals surface area contributed by atoms with E-state index in [9.17, 15) is 13.2 Å². The molecule has 6 rings (SSSR count). The van der Waals surface area contributed by atoms with Gasteiger partial charge in [0, 0.05) is 51.3 Å². The van der Waals surface area contributed by atoms with Crippen molar-refractivity contribution in [3.63, 3.8) is 0 Å². The fourth-order valence-corrected chi connectivity index (χ4v) is 9.41. The zero-order valence-corrected chi connectivity index (χ0v) is 27.4. The van der Waals surface area contributed by atoms with Gasteiger partial charge in [-0.2, -0.15) is 4.31 Å². The summed E-state index contributed by atoms with van der Waals surface area (Å²) < 4.78 is 34.7. The zero-order chi connectivity index (χ0) is 31.1. The maximum atomic E-state index is 13.8. The Morgan fingerprint density at radius 2 is 1.64 bits per heavy atom. The first-order chi connectivity index (χ1) is 21.1. The molecule has 44 heavy (non-hydrogen) atoms. The highest BCUT2D eigenvalue weighted by Crippen LogP contribution is 2.42. The summed E-state index contributed by atoms with van der Waals surface area (Å²) >= 11 is 1.43. The van der Waals surface area contributed by atoms with Crippen LogP contribution in [-0.2, 0) is 16.6 Å². The van der Waals surface area contributed by atoms with Gasteiger partial charge in [-0.15, -0.1) is 11.3 Å². The van der Waals surface area contributed by atoms with E-state index in [0.29, 0.717) is 33.0 Å². The Morgan fingerprint density at radius 3 is 2.27 bits per heavy atom. The van der Waals surface area contributed by atoms with E-state index in [0.717, 1.165) is 56.6 Å². The standard InChI is InChI=1S/C33H39N5O4S2/c1-23-20-26(42-4)21-24(2)31(23)44(40,41)36(3)22-29-35-30-27(6-5-7-28(30)43-29)32(39)38-18-12-33(13-19-38)10-16-37(17-11-33)25-8-14-34-15-9-25/h5-9,14-15,20-21H,10-13,16-19,22H2,1-4H3. The van der Waals surface area contributed by atoms with Gasteiger partial charge >= 0.3 is 0 Å². The number of aromatic nitrogens is 2. The summed E-state index contributed by atoms with van der Waals surface area (Å²) in [5.41, 5.74) is 4.01. The van der Waals surface area contributed by atoms with Crippen LogP contribution < -0.4 is 9.64 Å². The number of fused-ring (bicyclic) bond motifs is 1. The lowest BCUT2D eigenvalue weighted by Crippen LogP contribution is -2.48. The van der Waals surface area contributed by atoms with Crippen molar-refractivity contribution in [1.29, 1.82) is 0 Å². The van der Waals surface area contributed by atoms with Crippen LogP contribution in [0.25, 0.3) is 10.2 Å². The molecule has 0 unspecified atom stereocenters. The number of hydrogen-bond acceptors (Lipinski definition) is 8. The number of anilines is 1. The number of para-hydroxylation sites is 1. The number of methoxy groups -OCH3 is 1. The van der Waals surface area contributed by atoms with Crippen molar-refractivity contribution in [3.8, 4) is 5.75 Å². The monoisotopic (exact) mass is 633 g/mol. The maximum absolute atomic E-state index is 13.8. The summed E-state index contributed by atoms with van der Waals surface area (Å²) in [4.78, 5) is 27.4. The largest absolute Gasteiger partial charge is 0.497 e. The van der Waals surface area contributed by atoms with Crippen molar-refractivity contribution in [3.05, 3.63) is 76.6 Å². The van der Waals surface area contributed by atoms with Crippen molar-refractivity contribution in [1.82, 2.24) is 19.2 Å². The molecule has 4 heterocycles. The summed E-state index contributed by atoms with van der Waals surface area (Å²) in [5, 5.41) is 0.647. The van der Waals surface area contributed by atoms with E-state index in [-0.39, 0.29) is 22.8 Å². The minimum atomic E-state index is -3.77. The van der Waals surface area contributed by atoms with Gasteiger partial charge in [0.05, 0.1) is 34.3 Å². The molecule has 0 atom stereocenters. The molecule has 1 spiro atoms. The second-order valence-electron chi connectivity index (χ2n) is 12.1. The number of aryl methyl sites for hydroxylation is 2. The average molecular weight is 634 g/mol. The highest BCUT2D eigenvalue weighted by molar-refractivity contribution is 7.89. The number of hydrogen-bond donors (Lipinski definition) is 0. The van der Waals surface area contributed by atoms with Crippen LogP contribution in [0.3, 0.4) is 0 Å². The molecule has 2 saturated heterocycles. The van der Waals surface area contributed by atoms with Gasteiger partial charge in [-0.05, 0) is 92.5 Å². The SMILES string of the molecule is COc1cc(C)c(S(=O)(=O)N(C)Cc2nc3c(C(=O)N4CCC5(CC4)CCN(c4ccncc4)CC5)cccc3s2)c(C)c1. The highest BCUT2D eigenvalue weighted by Gasteiger charge is 2.39. The molecule has 2 aromatic carbocycles. The van der Waals surface area contributed by atoms with E-state index in [1.807, 2.05) is 35.5 Å². The number of benzene rings is 2. The smallest absolute Gasteiger partial charge is 0.256 e. The zero-order valence-electron chi connectivity index (χ0n) is 25.7. The molecule has 0 saturated carbocycles. The van der Waals surface area contributed by atoms with Crippen LogP contribution in [0, 0.1) is 19.3 Å². The highest BCUT2D eigenvalue weighted by atomic mass is 32.2. The van der Waals surface area contributed by atoms with Gasteiger partial charge in [-0.1, -0.05) is 6.07 Å². The number of thiazole rings is 1. The van der Waals surface area contributed by atoms with Crippen molar-refractivity contribution < 1.29 is 17.9 Å². The molecule has 2 aliphatic rings. The van der Waals surface area contributed by atoms with Crippen LogP contribution in [0.4, 0.5) is 5.69 Å². The lowest BCUT2D eigenvalue weighted by Gasteiger charge is -2.47. The van der Waals surface area contributed by atoms with Crippen LogP contribution in [-0.4, -0.2) is 73.8 Å². The van der Waals surface area contributed by atoms with Crippen LogP contribution in [0.1, 0.15) is 52.2 Å². The van der Waals surface area contributed by atoms with E-state index in [2.05, 4.69) is 22.0 Å². The molecular weight excluding hydrogens is 595 g/mol. The van der Waals surface area contributed by atoms with Crippen molar-refractivity contribution in [2.75, 3.05) is 45.2 Å². The first-order valence-electron chi connectivity index (χ1n) is 15.0. The van der Waals surface area contributed by atoms with Gasteiger partial charge in [0.25, 0.3) is 5.91 Å². The van der Waals surface area contributed by atoms with Crippen molar-refractivity contribution in [2.24, 2.45) is 5.41 Å². The van der Waals surface area contributed by atoms with Gasteiger partial charge in [-0.25, -0.2) is 13.4 Å². The normalized spacial score (nSPS) is 17.0. The van der Waals surface area contributed by atoms with E-state index < -0.39 is 10.0 Å². The summed E-state index contributed by atoms with van der Waals surface area (Å²) in [7, 11) is -0.636. The minimum Gasteiger partial charge on any atom is -0.497 e. The second-order valence-corrected chi connectivity index (χ2v) is 15.2.